The van der Waals surface area contributed by atoms with Crippen LogP contribution in [0.3, 0.4) is 0 Å². The summed E-state index contributed by atoms with van der Waals surface area (Å²) in [5.74, 6) is -4.03. The van der Waals surface area contributed by atoms with Crippen LogP contribution in [0.2, 0.25) is 0 Å². The van der Waals surface area contributed by atoms with Crippen molar-refractivity contribution in [1.82, 2.24) is 14.9 Å². The Hall–Kier alpha value is -2.97. The number of carbonyl (C=O) groups excluding carboxylic acids is 2. The number of hydrogen-bond acceptors (Lipinski definition) is 4. The molecular formula is C21H19F3N4O2. The van der Waals surface area contributed by atoms with Gasteiger partial charge in [0.15, 0.2) is 0 Å². The number of rotatable bonds is 4. The third-order valence-electron chi connectivity index (χ3n) is 6.19. The van der Waals surface area contributed by atoms with Crippen LogP contribution in [0.4, 0.5) is 19.1 Å². The molecule has 156 valence electrons. The highest BCUT2D eigenvalue weighted by atomic mass is 19.3. The number of nitrogens with one attached hydrogen (secondary N) is 1. The molecule has 1 atom stereocenters. The summed E-state index contributed by atoms with van der Waals surface area (Å²) in [6, 6.07) is 4.33. The Bertz CT molecular complexity index is 1070. The van der Waals surface area contributed by atoms with Gasteiger partial charge in [-0.2, -0.15) is 0 Å². The third kappa shape index (κ3) is 2.86. The van der Waals surface area contributed by atoms with Crippen molar-refractivity contribution in [2.45, 2.75) is 43.2 Å². The maximum Gasteiger partial charge on any atom is 0.260 e. The third-order valence-corrected chi connectivity index (χ3v) is 6.19. The smallest absolute Gasteiger partial charge is 0.260 e. The van der Waals surface area contributed by atoms with Gasteiger partial charge in [0.1, 0.15) is 12.2 Å². The summed E-state index contributed by atoms with van der Waals surface area (Å²) in [6.07, 6.45) is 3.34. The Kier molecular flexibility index (Phi) is 3.82. The number of aromatic nitrogens is 2. The zero-order chi connectivity index (χ0) is 21.3. The fourth-order valence-electron chi connectivity index (χ4n) is 4.18. The van der Waals surface area contributed by atoms with Gasteiger partial charge in [0.05, 0.1) is 5.41 Å². The van der Waals surface area contributed by atoms with Crippen molar-refractivity contribution >= 4 is 17.8 Å². The lowest BCUT2D eigenvalue weighted by Crippen LogP contribution is -2.48. The number of hydrogen-bond donors (Lipinski definition) is 1. The second-order valence-electron chi connectivity index (χ2n) is 8.48. The predicted octanol–water partition coefficient (Wildman–Crippen LogP) is 3.11. The van der Waals surface area contributed by atoms with E-state index in [1.807, 2.05) is 0 Å². The molecule has 2 aromatic rings. The molecule has 5 rings (SSSR count). The maximum atomic E-state index is 14.5. The molecule has 3 aliphatic rings. The largest absolute Gasteiger partial charge is 0.328 e. The van der Waals surface area contributed by atoms with E-state index >= 15 is 0 Å². The molecule has 0 bridgehead atoms. The topological polar surface area (TPSA) is 75.2 Å². The number of aryl methyl sites for hydroxylation is 1. The Balaban J connectivity index is 1.41. The molecule has 2 aliphatic carbocycles. The zero-order valence-corrected chi connectivity index (χ0v) is 16.2. The number of nitrogens with zero attached hydrogens (tertiary/aromatic N) is 3. The molecular weight excluding hydrogens is 397 g/mol. The van der Waals surface area contributed by atoms with Crippen LogP contribution in [-0.4, -0.2) is 45.7 Å². The molecule has 30 heavy (non-hydrogen) atoms. The zero-order valence-electron chi connectivity index (χ0n) is 16.2. The Morgan fingerprint density at radius 2 is 1.87 bits per heavy atom. The molecule has 1 spiro atoms. The second-order valence-corrected chi connectivity index (χ2v) is 8.48. The minimum Gasteiger partial charge on any atom is -0.328 e. The highest BCUT2D eigenvalue weighted by molar-refractivity contribution is 6.01. The van der Waals surface area contributed by atoms with E-state index in [4.69, 9.17) is 0 Å². The first-order valence-corrected chi connectivity index (χ1v) is 9.73. The van der Waals surface area contributed by atoms with Crippen molar-refractivity contribution < 1.29 is 22.8 Å². The van der Waals surface area contributed by atoms with Gasteiger partial charge in [-0.3, -0.25) is 14.9 Å². The Labute approximate surface area is 170 Å². The summed E-state index contributed by atoms with van der Waals surface area (Å²) in [4.78, 5) is 34.4. The van der Waals surface area contributed by atoms with Gasteiger partial charge in [0.25, 0.3) is 11.8 Å². The number of amides is 2. The maximum absolute atomic E-state index is 14.5. The van der Waals surface area contributed by atoms with E-state index < -0.39 is 41.8 Å². The van der Waals surface area contributed by atoms with Crippen LogP contribution in [0.1, 0.15) is 46.3 Å². The first-order chi connectivity index (χ1) is 14.1. The number of carbonyl (C=O) groups is 2. The van der Waals surface area contributed by atoms with Gasteiger partial charge in [0, 0.05) is 30.9 Å². The van der Waals surface area contributed by atoms with Crippen LogP contribution in [0.5, 0.6) is 0 Å². The summed E-state index contributed by atoms with van der Waals surface area (Å²) in [5.41, 5.74) is -1.59. The molecule has 2 saturated carbocycles. The number of alkyl halides is 3. The SMILES string of the molecule is Cc1cnc(NC(=O)CN2CC3(CC3(F)F)c3cc(C4(F)CC4)ccc3C2=O)nc1. The summed E-state index contributed by atoms with van der Waals surface area (Å²) < 4.78 is 43.4. The van der Waals surface area contributed by atoms with Crippen LogP contribution in [0, 0.1) is 6.92 Å². The summed E-state index contributed by atoms with van der Waals surface area (Å²) in [7, 11) is 0. The van der Waals surface area contributed by atoms with Gasteiger partial charge in [-0.05, 0) is 42.5 Å². The van der Waals surface area contributed by atoms with Crippen molar-refractivity contribution in [3.05, 3.63) is 52.8 Å². The molecule has 1 aromatic heterocycles. The fraction of sp³-hybridized carbons (Fsp3) is 0.429. The monoisotopic (exact) mass is 416 g/mol. The summed E-state index contributed by atoms with van der Waals surface area (Å²) in [5, 5.41) is 2.47. The van der Waals surface area contributed by atoms with Crippen molar-refractivity contribution in [1.29, 1.82) is 0 Å². The van der Waals surface area contributed by atoms with E-state index in [0.717, 1.165) is 10.5 Å². The van der Waals surface area contributed by atoms with E-state index in [2.05, 4.69) is 15.3 Å². The lowest BCUT2D eigenvalue weighted by atomic mass is 9.84. The van der Waals surface area contributed by atoms with Crippen LogP contribution in [-0.2, 0) is 15.9 Å². The Morgan fingerprint density at radius 1 is 1.20 bits per heavy atom. The molecule has 1 unspecified atom stereocenters. The number of anilines is 1. The first kappa shape index (κ1) is 19.0. The van der Waals surface area contributed by atoms with Crippen LogP contribution in [0.25, 0.3) is 0 Å². The van der Waals surface area contributed by atoms with E-state index in [-0.39, 0.29) is 23.6 Å². The molecule has 2 fully saturated rings. The number of benzene rings is 1. The number of halogens is 3. The van der Waals surface area contributed by atoms with Gasteiger partial charge in [-0.25, -0.2) is 23.1 Å². The van der Waals surface area contributed by atoms with Crippen LogP contribution < -0.4 is 5.32 Å². The van der Waals surface area contributed by atoms with Gasteiger partial charge < -0.3 is 4.90 Å². The van der Waals surface area contributed by atoms with E-state index in [0.29, 0.717) is 18.4 Å². The van der Waals surface area contributed by atoms with Crippen molar-refractivity contribution in [2.75, 3.05) is 18.4 Å². The first-order valence-electron chi connectivity index (χ1n) is 9.73. The normalized spacial score (nSPS) is 25.1. The lowest BCUT2D eigenvalue weighted by molar-refractivity contribution is -0.117. The quantitative estimate of drug-likeness (QED) is 0.831. The van der Waals surface area contributed by atoms with Crippen LogP contribution >= 0.6 is 0 Å². The molecule has 1 aromatic carbocycles. The minimum absolute atomic E-state index is 0.0734. The van der Waals surface area contributed by atoms with Crippen molar-refractivity contribution in [3.8, 4) is 0 Å². The summed E-state index contributed by atoms with van der Waals surface area (Å²) in [6.45, 7) is 1.10. The standard InChI is InChI=1S/C21H19F3N4O2/c1-12-7-25-18(26-8-12)27-16(29)9-28-11-19(10-21(19,23)24)15-6-13(20(22)4-5-20)2-3-14(15)17(28)30/h2-3,6-8H,4-5,9-11H2,1H3,(H,25,26,27,29). The average molecular weight is 416 g/mol. The van der Waals surface area contributed by atoms with E-state index in [1.54, 1.807) is 6.92 Å². The summed E-state index contributed by atoms with van der Waals surface area (Å²) >= 11 is 0. The van der Waals surface area contributed by atoms with Gasteiger partial charge in [0.2, 0.25) is 11.9 Å². The van der Waals surface area contributed by atoms with Crippen LogP contribution in [0.15, 0.2) is 30.6 Å². The second kappa shape index (κ2) is 6.02. The lowest BCUT2D eigenvalue weighted by Gasteiger charge is -2.34. The molecule has 6 nitrogen and oxygen atoms in total. The molecule has 0 radical (unpaired) electrons. The molecule has 9 heteroatoms. The molecule has 1 N–H and O–H groups in total. The van der Waals surface area contributed by atoms with Crippen molar-refractivity contribution in [2.24, 2.45) is 0 Å². The van der Waals surface area contributed by atoms with Gasteiger partial charge in [-0.1, -0.05) is 12.1 Å². The van der Waals surface area contributed by atoms with E-state index in [9.17, 15) is 22.8 Å². The highest BCUT2D eigenvalue weighted by Gasteiger charge is 2.74. The number of fused-ring (bicyclic) bond motifs is 2. The molecule has 1 aliphatic heterocycles. The Morgan fingerprint density at radius 3 is 2.47 bits per heavy atom. The molecule has 2 heterocycles. The highest BCUT2D eigenvalue weighted by Crippen LogP contribution is 2.64. The van der Waals surface area contributed by atoms with Crippen molar-refractivity contribution in [3.63, 3.8) is 0 Å². The minimum atomic E-state index is -3.01. The van der Waals surface area contributed by atoms with Gasteiger partial charge in [-0.15, -0.1) is 0 Å². The molecule has 2 amide bonds. The van der Waals surface area contributed by atoms with Gasteiger partial charge >= 0.3 is 0 Å². The predicted molar refractivity (Wildman–Crippen MR) is 101 cm³/mol. The van der Waals surface area contributed by atoms with E-state index in [1.165, 1.54) is 30.6 Å². The molecule has 0 saturated heterocycles. The average Bonchev–Trinajstić information content (AvgIpc) is 3.57. The fourth-order valence-corrected chi connectivity index (χ4v) is 4.18.